The first-order valence-corrected chi connectivity index (χ1v) is 10.5. The van der Waals surface area contributed by atoms with Crippen molar-refractivity contribution in [3.8, 4) is 23.0 Å². The zero-order valence-corrected chi connectivity index (χ0v) is 18.4. The summed E-state index contributed by atoms with van der Waals surface area (Å²) in [6, 6.07) is 16.5. The number of benzene rings is 3. The molecule has 4 rings (SSSR count). The Morgan fingerprint density at radius 1 is 0.909 bits per heavy atom. The molecule has 3 aromatic carbocycles. The average Bonchev–Trinajstić information content (AvgIpc) is 3.28. The fourth-order valence-corrected chi connectivity index (χ4v) is 3.66. The van der Waals surface area contributed by atoms with Crippen LogP contribution in [-0.2, 0) is 12.8 Å². The second-order valence-electron chi connectivity index (χ2n) is 7.62. The van der Waals surface area contributed by atoms with Crippen LogP contribution in [0.3, 0.4) is 0 Å². The Morgan fingerprint density at radius 3 is 2.24 bits per heavy atom. The number of amides is 2. The molecular formula is C25H25FN2O5. The van der Waals surface area contributed by atoms with Crippen LogP contribution in [0.5, 0.6) is 23.0 Å². The number of methoxy groups -OCH3 is 2. The molecule has 2 amide bonds. The lowest BCUT2D eigenvalue weighted by Crippen LogP contribution is -2.40. The van der Waals surface area contributed by atoms with Gasteiger partial charge in [-0.3, -0.25) is 0 Å². The first kappa shape index (κ1) is 22.3. The van der Waals surface area contributed by atoms with Gasteiger partial charge in [0.2, 0.25) is 6.79 Å². The molecule has 172 valence electrons. The lowest BCUT2D eigenvalue weighted by molar-refractivity contribution is 0.174. The predicted octanol–water partition coefficient (Wildman–Crippen LogP) is 4.55. The van der Waals surface area contributed by atoms with Gasteiger partial charge in [-0.05, 0) is 48.2 Å². The second kappa shape index (κ2) is 10.1. The number of carbonyl (C=O) groups excluding carboxylic acids is 1. The molecule has 0 saturated carbocycles. The number of urea groups is 1. The Bertz CT molecular complexity index is 1100. The quantitative estimate of drug-likeness (QED) is 0.525. The average molecular weight is 452 g/mol. The van der Waals surface area contributed by atoms with Gasteiger partial charge in [-0.1, -0.05) is 18.2 Å². The summed E-state index contributed by atoms with van der Waals surface area (Å²) in [5.41, 5.74) is 2.42. The Hall–Kier alpha value is -3.94. The van der Waals surface area contributed by atoms with Crippen molar-refractivity contribution < 1.29 is 28.1 Å². The third kappa shape index (κ3) is 5.85. The Balaban J connectivity index is 1.50. The first-order valence-electron chi connectivity index (χ1n) is 10.5. The van der Waals surface area contributed by atoms with Crippen LogP contribution in [0, 0.1) is 5.82 Å². The Kier molecular flexibility index (Phi) is 6.83. The SMILES string of the molecule is COc1cc(NC(=O)N[C@H](Cc2ccc(F)cc2)Cc2ccc3c(c2)OCO3)cc(OC)c1. The maximum absolute atomic E-state index is 13.3. The van der Waals surface area contributed by atoms with Crippen molar-refractivity contribution >= 4 is 11.7 Å². The maximum atomic E-state index is 13.3. The van der Waals surface area contributed by atoms with Crippen molar-refractivity contribution in [3.05, 3.63) is 77.6 Å². The summed E-state index contributed by atoms with van der Waals surface area (Å²) in [7, 11) is 3.09. The summed E-state index contributed by atoms with van der Waals surface area (Å²) in [4.78, 5) is 12.8. The van der Waals surface area contributed by atoms with Gasteiger partial charge in [0.05, 0.1) is 14.2 Å². The number of ether oxygens (including phenoxy) is 4. The second-order valence-corrected chi connectivity index (χ2v) is 7.62. The lowest BCUT2D eigenvalue weighted by Gasteiger charge is -2.20. The number of fused-ring (bicyclic) bond motifs is 1. The molecule has 33 heavy (non-hydrogen) atoms. The molecule has 0 spiro atoms. The summed E-state index contributed by atoms with van der Waals surface area (Å²) in [5.74, 6) is 2.21. The maximum Gasteiger partial charge on any atom is 0.319 e. The molecule has 0 radical (unpaired) electrons. The smallest absolute Gasteiger partial charge is 0.319 e. The molecule has 0 fully saturated rings. The zero-order valence-electron chi connectivity index (χ0n) is 18.4. The van der Waals surface area contributed by atoms with Gasteiger partial charge in [0, 0.05) is 29.9 Å². The zero-order chi connectivity index (χ0) is 23.2. The van der Waals surface area contributed by atoms with Gasteiger partial charge in [-0.15, -0.1) is 0 Å². The topological polar surface area (TPSA) is 78.1 Å². The molecular weight excluding hydrogens is 427 g/mol. The van der Waals surface area contributed by atoms with Gasteiger partial charge in [-0.2, -0.15) is 0 Å². The fraction of sp³-hybridized carbons (Fsp3) is 0.240. The van der Waals surface area contributed by atoms with E-state index in [0.717, 1.165) is 11.1 Å². The van der Waals surface area contributed by atoms with E-state index in [4.69, 9.17) is 18.9 Å². The molecule has 0 aromatic heterocycles. The van der Waals surface area contributed by atoms with Crippen LogP contribution in [-0.4, -0.2) is 33.1 Å². The van der Waals surface area contributed by atoms with Gasteiger partial charge in [0.1, 0.15) is 17.3 Å². The molecule has 3 aromatic rings. The van der Waals surface area contributed by atoms with Crippen LogP contribution in [0.4, 0.5) is 14.9 Å². The van der Waals surface area contributed by atoms with E-state index in [0.29, 0.717) is 41.5 Å². The van der Waals surface area contributed by atoms with Crippen molar-refractivity contribution in [2.24, 2.45) is 0 Å². The largest absolute Gasteiger partial charge is 0.497 e. The first-order chi connectivity index (χ1) is 16.0. The number of carbonyl (C=O) groups is 1. The van der Waals surface area contributed by atoms with Crippen LogP contribution in [0.25, 0.3) is 0 Å². The number of halogens is 1. The highest BCUT2D eigenvalue weighted by Crippen LogP contribution is 2.33. The summed E-state index contributed by atoms with van der Waals surface area (Å²) < 4.78 is 34.7. The monoisotopic (exact) mass is 452 g/mol. The standard InChI is InChI=1S/C25H25FN2O5/c1-30-21-12-20(13-22(14-21)31-2)28-25(29)27-19(9-16-3-6-18(26)7-4-16)10-17-5-8-23-24(11-17)33-15-32-23/h3-8,11-14,19H,9-10,15H2,1-2H3,(H2,27,28,29)/t19-/m1/s1. The Morgan fingerprint density at radius 2 is 1.55 bits per heavy atom. The van der Waals surface area contributed by atoms with Crippen LogP contribution >= 0.6 is 0 Å². The molecule has 2 N–H and O–H groups in total. The van der Waals surface area contributed by atoms with E-state index in [2.05, 4.69) is 10.6 Å². The minimum atomic E-state index is -0.377. The van der Waals surface area contributed by atoms with Gasteiger partial charge >= 0.3 is 6.03 Å². The number of anilines is 1. The number of nitrogens with one attached hydrogen (secondary N) is 2. The highest BCUT2D eigenvalue weighted by atomic mass is 19.1. The Labute approximate surface area is 191 Å². The summed E-state index contributed by atoms with van der Waals surface area (Å²) in [6.07, 6.45) is 1.06. The normalized spacial score (nSPS) is 12.7. The molecule has 1 heterocycles. The molecule has 0 unspecified atom stereocenters. The molecule has 1 aliphatic heterocycles. The van der Waals surface area contributed by atoms with Crippen LogP contribution in [0.15, 0.2) is 60.7 Å². The molecule has 0 saturated heterocycles. The van der Waals surface area contributed by atoms with Crippen LogP contribution < -0.4 is 29.6 Å². The van der Waals surface area contributed by atoms with E-state index < -0.39 is 0 Å². The molecule has 7 nitrogen and oxygen atoms in total. The van der Waals surface area contributed by atoms with Crippen molar-refractivity contribution in [3.63, 3.8) is 0 Å². The predicted molar refractivity (Wildman–Crippen MR) is 122 cm³/mol. The third-order valence-electron chi connectivity index (χ3n) is 5.26. The minimum Gasteiger partial charge on any atom is -0.497 e. The van der Waals surface area contributed by atoms with Gasteiger partial charge < -0.3 is 29.6 Å². The van der Waals surface area contributed by atoms with E-state index in [-0.39, 0.29) is 24.7 Å². The van der Waals surface area contributed by atoms with E-state index >= 15 is 0 Å². The van der Waals surface area contributed by atoms with Gasteiger partial charge in [-0.25, -0.2) is 9.18 Å². The summed E-state index contributed by atoms with van der Waals surface area (Å²) in [5, 5.41) is 5.85. The van der Waals surface area contributed by atoms with E-state index in [1.165, 1.54) is 12.1 Å². The van der Waals surface area contributed by atoms with E-state index in [1.54, 1.807) is 44.6 Å². The summed E-state index contributed by atoms with van der Waals surface area (Å²) in [6.45, 7) is 0.197. The number of hydrogen-bond acceptors (Lipinski definition) is 5. The van der Waals surface area contributed by atoms with Gasteiger partial charge in [0.25, 0.3) is 0 Å². The third-order valence-corrected chi connectivity index (χ3v) is 5.26. The highest BCUT2D eigenvalue weighted by molar-refractivity contribution is 5.90. The van der Waals surface area contributed by atoms with Crippen molar-refractivity contribution in [2.75, 3.05) is 26.3 Å². The van der Waals surface area contributed by atoms with E-state index in [1.807, 2.05) is 18.2 Å². The van der Waals surface area contributed by atoms with E-state index in [9.17, 15) is 9.18 Å². The van der Waals surface area contributed by atoms with Crippen LogP contribution in [0.2, 0.25) is 0 Å². The van der Waals surface area contributed by atoms with Crippen LogP contribution in [0.1, 0.15) is 11.1 Å². The fourth-order valence-electron chi connectivity index (χ4n) is 3.66. The molecule has 1 aliphatic rings. The summed E-state index contributed by atoms with van der Waals surface area (Å²) >= 11 is 0. The molecule has 0 bridgehead atoms. The minimum absolute atomic E-state index is 0.197. The number of hydrogen-bond donors (Lipinski definition) is 2. The van der Waals surface area contributed by atoms with Crippen molar-refractivity contribution in [1.82, 2.24) is 5.32 Å². The molecule has 1 atom stereocenters. The highest BCUT2D eigenvalue weighted by Gasteiger charge is 2.18. The molecule has 0 aliphatic carbocycles. The number of rotatable bonds is 8. The molecule has 8 heteroatoms. The lowest BCUT2D eigenvalue weighted by atomic mass is 9.98. The van der Waals surface area contributed by atoms with Gasteiger partial charge in [0.15, 0.2) is 11.5 Å². The van der Waals surface area contributed by atoms with Crippen molar-refractivity contribution in [1.29, 1.82) is 0 Å². The van der Waals surface area contributed by atoms with Crippen molar-refractivity contribution in [2.45, 2.75) is 18.9 Å².